The molecule has 1 aromatic heterocycles. The molecular weight excluding hydrogens is 362 g/mol. The molecule has 29 heavy (non-hydrogen) atoms. The summed E-state index contributed by atoms with van der Waals surface area (Å²) in [6.07, 6.45) is 3.51. The van der Waals surface area contributed by atoms with E-state index in [1.54, 1.807) is 6.20 Å². The highest BCUT2D eigenvalue weighted by atomic mass is 16.3. The molecule has 1 atom stereocenters. The van der Waals surface area contributed by atoms with Gasteiger partial charge in [0.2, 0.25) is 0 Å². The van der Waals surface area contributed by atoms with E-state index in [9.17, 15) is 9.90 Å². The van der Waals surface area contributed by atoms with Crippen LogP contribution in [0.15, 0.2) is 79.0 Å². The topological polar surface area (TPSA) is 65.5 Å². The predicted molar refractivity (Wildman–Crippen MR) is 113 cm³/mol. The lowest BCUT2D eigenvalue weighted by atomic mass is 9.84. The number of likely N-dealkylation sites (tertiary alicyclic amines) is 1. The number of aliphatic hydroxyl groups is 1. The van der Waals surface area contributed by atoms with Gasteiger partial charge in [-0.15, -0.1) is 0 Å². The van der Waals surface area contributed by atoms with Crippen molar-refractivity contribution in [2.75, 3.05) is 18.9 Å². The minimum absolute atomic E-state index is 0.0865. The van der Waals surface area contributed by atoms with Gasteiger partial charge in [0, 0.05) is 19.8 Å². The Morgan fingerprint density at radius 3 is 2.28 bits per heavy atom. The Bertz CT molecular complexity index is 936. The maximum Gasteiger partial charge on any atom is 0.264 e. The Labute approximate surface area is 171 Å². The van der Waals surface area contributed by atoms with Crippen LogP contribution in [0, 0.1) is 0 Å². The largest absolute Gasteiger partial charge is 0.373 e. The highest BCUT2D eigenvalue weighted by molar-refractivity contribution is 5.90. The molecule has 4 rings (SSSR count). The van der Waals surface area contributed by atoms with E-state index in [0.29, 0.717) is 17.7 Å². The summed E-state index contributed by atoms with van der Waals surface area (Å²) in [7, 11) is 1.83. The Morgan fingerprint density at radius 2 is 1.69 bits per heavy atom. The van der Waals surface area contributed by atoms with E-state index in [1.165, 1.54) is 0 Å². The molecule has 1 amide bonds. The monoisotopic (exact) mass is 387 g/mol. The van der Waals surface area contributed by atoms with Gasteiger partial charge in [-0.3, -0.25) is 4.79 Å². The van der Waals surface area contributed by atoms with Crippen LogP contribution >= 0.6 is 0 Å². The SMILES string of the molecule is CNc1cc([C@H]2CCCN2C(=O)C(O)(c2ccccc2)c2ccccc2)ccn1. The smallest absolute Gasteiger partial charge is 0.264 e. The number of hydrogen-bond acceptors (Lipinski definition) is 4. The molecule has 0 spiro atoms. The third-order valence-corrected chi connectivity index (χ3v) is 5.63. The number of benzene rings is 2. The van der Waals surface area contributed by atoms with E-state index < -0.39 is 5.60 Å². The normalized spacial score (nSPS) is 16.6. The number of carbonyl (C=O) groups is 1. The van der Waals surface area contributed by atoms with E-state index in [-0.39, 0.29) is 11.9 Å². The molecule has 3 aromatic rings. The van der Waals surface area contributed by atoms with Crippen molar-refractivity contribution < 1.29 is 9.90 Å². The van der Waals surface area contributed by atoms with Crippen LogP contribution in [0.25, 0.3) is 0 Å². The fourth-order valence-electron chi connectivity index (χ4n) is 4.13. The Morgan fingerprint density at radius 1 is 1.07 bits per heavy atom. The Kier molecular flexibility index (Phi) is 5.32. The highest BCUT2D eigenvalue weighted by Crippen LogP contribution is 2.39. The summed E-state index contributed by atoms with van der Waals surface area (Å²) in [6.45, 7) is 0.614. The standard InChI is InChI=1S/C24H25N3O2/c1-25-22-17-18(14-15-26-22)21-13-8-16-27(21)23(28)24(29,19-9-4-2-5-10-19)20-11-6-3-7-12-20/h2-7,9-12,14-15,17,21,29H,8,13,16H2,1H3,(H,25,26)/t21-/m1/s1. The number of nitrogens with zero attached hydrogens (tertiary/aromatic N) is 2. The molecule has 0 unspecified atom stereocenters. The van der Waals surface area contributed by atoms with E-state index in [4.69, 9.17) is 0 Å². The molecule has 2 heterocycles. The summed E-state index contributed by atoms with van der Waals surface area (Å²) >= 11 is 0. The number of nitrogens with one attached hydrogen (secondary N) is 1. The minimum atomic E-state index is -1.73. The molecule has 0 bridgehead atoms. The zero-order valence-corrected chi connectivity index (χ0v) is 16.5. The van der Waals surface area contributed by atoms with Crippen LogP contribution < -0.4 is 5.32 Å². The molecule has 2 aromatic carbocycles. The summed E-state index contributed by atoms with van der Waals surface area (Å²) in [5.41, 5.74) is 0.447. The van der Waals surface area contributed by atoms with Gasteiger partial charge in [0.15, 0.2) is 5.60 Å². The number of aromatic nitrogens is 1. The molecule has 148 valence electrons. The molecule has 5 nitrogen and oxygen atoms in total. The van der Waals surface area contributed by atoms with Crippen LogP contribution in [0.5, 0.6) is 0 Å². The Balaban J connectivity index is 1.76. The minimum Gasteiger partial charge on any atom is -0.373 e. The molecule has 2 N–H and O–H groups in total. The second-order valence-corrected chi connectivity index (χ2v) is 7.32. The number of rotatable bonds is 5. The molecule has 1 saturated heterocycles. The predicted octanol–water partition coefficient (Wildman–Crippen LogP) is 3.72. The van der Waals surface area contributed by atoms with Crippen molar-refractivity contribution in [3.63, 3.8) is 0 Å². The van der Waals surface area contributed by atoms with Crippen molar-refractivity contribution >= 4 is 11.7 Å². The molecule has 1 aliphatic rings. The van der Waals surface area contributed by atoms with Crippen molar-refractivity contribution in [3.8, 4) is 0 Å². The van der Waals surface area contributed by atoms with Crippen LogP contribution in [0.2, 0.25) is 0 Å². The van der Waals surface area contributed by atoms with Gasteiger partial charge < -0.3 is 15.3 Å². The lowest BCUT2D eigenvalue weighted by Gasteiger charge is -2.35. The fourth-order valence-corrected chi connectivity index (χ4v) is 4.13. The molecule has 0 aliphatic carbocycles. The first-order chi connectivity index (χ1) is 14.1. The van der Waals surface area contributed by atoms with Crippen LogP contribution in [0.3, 0.4) is 0 Å². The lowest BCUT2D eigenvalue weighted by Crippen LogP contribution is -2.47. The lowest BCUT2D eigenvalue weighted by molar-refractivity contribution is -0.149. The summed E-state index contributed by atoms with van der Waals surface area (Å²) in [5.74, 6) is 0.475. The zero-order chi connectivity index (χ0) is 20.3. The van der Waals surface area contributed by atoms with Gasteiger partial charge >= 0.3 is 0 Å². The van der Waals surface area contributed by atoms with Crippen LogP contribution in [-0.2, 0) is 10.4 Å². The number of anilines is 1. The first-order valence-corrected chi connectivity index (χ1v) is 9.93. The second-order valence-electron chi connectivity index (χ2n) is 7.32. The summed E-state index contributed by atoms with van der Waals surface area (Å²) < 4.78 is 0. The maximum atomic E-state index is 13.9. The Hall–Kier alpha value is -3.18. The molecule has 0 radical (unpaired) electrons. The molecule has 5 heteroatoms. The van der Waals surface area contributed by atoms with Crippen molar-refractivity contribution in [2.24, 2.45) is 0 Å². The molecule has 1 fully saturated rings. The summed E-state index contributed by atoms with van der Waals surface area (Å²) in [4.78, 5) is 19.9. The van der Waals surface area contributed by atoms with E-state index in [1.807, 2.05) is 84.7 Å². The first-order valence-electron chi connectivity index (χ1n) is 9.93. The number of pyridine rings is 1. The zero-order valence-electron chi connectivity index (χ0n) is 16.5. The van der Waals surface area contributed by atoms with Crippen molar-refractivity contribution in [2.45, 2.75) is 24.5 Å². The first kappa shape index (κ1) is 19.2. The van der Waals surface area contributed by atoms with Gasteiger partial charge in [-0.1, -0.05) is 60.7 Å². The number of hydrogen-bond donors (Lipinski definition) is 2. The summed E-state index contributed by atoms with van der Waals surface area (Å²) in [6, 6.07) is 22.2. The quantitative estimate of drug-likeness (QED) is 0.700. The molecular formula is C24H25N3O2. The van der Waals surface area contributed by atoms with Gasteiger partial charge in [-0.2, -0.15) is 0 Å². The average molecular weight is 387 g/mol. The van der Waals surface area contributed by atoms with E-state index in [2.05, 4.69) is 10.3 Å². The fraction of sp³-hybridized carbons (Fsp3) is 0.250. The van der Waals surface area contributed by atoms with Crippen LogP contribution in [0.1, 0.15) is 35.6 Å². The maximum absolute atomic E-state index is 13.9. The van der Waals surface area contributed by atoms with Crippen molar-refractivity contribution in [1.29, 1.82) is 0 Å². The highest BCUT2D eigenvalue weighted by Gasteiger charge is 2.45. The van der Waals surface area contributed by atoms with Gasteiger partial charge in [-0.05, 0) is 41.7 Å². The van der Waals surface area contributed by atoms with Gasteiger partial charge in [0.05, 0.1) is 6.04 Å². The number of carbonyl (C=O) groups excluding carboxylic acids is 1. The number of amides is 1. The van der Waals surface area contributed by atoms with Crippen LogP contribution in [0.4, 0.5) is 5.82 Å². The van der Waals surface area contributed by atoms with E-state index >= 15 is 0 Å². The van der Waals surface area contributed by atoms with Gasteiger partial charge in [-0.25, -0.2) is 4.98 Å². The molecule has 0 saturated carbocycles. The second kappa shape index (κ2) is 8.05. The van der Waals surface area contributed by atoms with E-state index in [0.717, 1.165) is 24.2 Å². The van der Waals surface area contributed by atoms with Gasteiger partial charge in [0.1, 0.15) is 5.82 Å². The van der Waals surface area contributed by atoms with Crippen molar-refractivity contribution in [3.05, 3.63) is 95.7 Å². The van der Waals surface area contributed by atoms with Crippen LogP contribution in [-0.4, -0.2) is 34.5 Å². The average Bonchev–Trinajstić information content (AvgIpc) is 3.29. The third kappa shape index (κ3) is 3.49. The third-order valence-electron chi connectivity index (χ3n) is 5.63. The summed E-state index contributed by atoms with van der Waals surface area (Å²) in [5, 5.41) is 14.9. The van der Waals surface area contributed by atoms with Crippen molar-refractivity contribution in [1.82, 2.24) is 9.88 Å². The van der Waals surface area contributed by atoms with Gasteiger partial charge in [0.25, 0.3) is 5.91 Å². The molecule has 1 aliphatic heterocycles.